The first-order valence-corrected chi connectivity index (χ1v) is 11.5. The van der Waals surface area contributed by atoms with Gasteiger partial charge in [0.05, 0.1) is 14.2 Å². The average molecular weight is 463 g/mol. The summed E-state index contributed by atoms with van der Waals surface area (Å²) in [6, 6.07) is 11.4. The van der Waals surface area contributed by atoms with Gasteiger partial charge in [-0.1, -0.05) is 29.0 Å². The predicted molar refractivity (Wildman–Crippen MR) is 117 cm³/mol. The molecule has 164 valence electrons. The van der Waals surface area contributed by atoms with Crippen LogP contribution in [0.4, 0.5) is 5.13 Å². The van der Waals surface area contributed by atoms with Crippen molar-refractivity contribution >= 4 is 32.4 Å². The van der Waals surface area contributed by atoms with Crippen molar-refractivity contribution in [2.75, 3.05) is 19.5 Å². The minimum absolute atomic E-state index is 0.0811. The van der Waals surface area contributed by atoms with Gasteiger partial charge in [-0.3, -0.25) is 10.1 Å². The van der Waals surface area contributed by atoms with Crippen LogP contribution in [-0.2, 0) is 10.0 Å². The summed E-state index contributed by atoms with van der Waals surface area (Å²) in [6.45, 7) is 3.59. The highest BCUT2D eigenvalue weighted by Crippen LogP contribution is 2.30. The van der Waals surface area contributed by atoms with E-state index in [1.165, 1.54) is 14.2 Å². The van der Waals surface area contributed by atoms with Crippen LogP contribution in [0.1, 0.15) is 34.5 Å². The zero-order chi connectivity index (χ0) is 22.6. The molecular formula is C20H22N4O5S2. The van der Waals surface area contributed by atoms with E-state index >= 15 is 0 Å². The number of carbonyl (C=O) groups is 1. The van der Waals surface area contributed by atoms with Crippen LogP contribution in [0.15, 0.2) is 46.8 Å². The molecule has 31 heavy (non-hydrogen) atoms. The number of sulfonamides is 1. The third kappa shape index (κ3) is 5.37. The van der Waals surface area contributed by atoms with E-state index in [2.05, 4.69) is 20.2 Å². The lowest BCUT2D eigenvalue weighted by atomic mass is 10.1. The van der Waals surface area contributed by atoms with Gasteiger partial charge in [-0.2, -0.15) is 0 Å². The molecular weight excluding hydrogens is 440 g/mol. The van der Waals surface area contributed by atoms with Gasteiger partial charge < -0.3 is 9.47 Å². The van der Waals surface area contributed by atoms with Gasteiger partial charge >= 0.3 is 0 Å². The Kier molecular flexibility index (Phi) is 6.88. The molecule has 0 aliphatic carbocycles. The zero-order valence-electron chi connectivity index (χ0n) is 17.4. The average Bonchev–Trinajstić information content (AvgIpc) is 3.23. The van der Waals surface area contributed by atoms with Crippen LogP contribution in [0, 0.1) is 6.92 Å². The molecule has 0 radical (unpaired) electrons. The lowest BCUT2D eigenvalue weighted by Gasteiger charge is -2.17. The van der Waals surface area contributed by atoms with Crippen molar-refractivity contribution in [2.45, 2.75) is 24.2 Å². The van der Waals surface area contributed by atoms with Gasteiger partial charge in [0, 0.05) is 17.2 Å². The fraction of sp³-hybridized carbons (Fsp3) is 0.250. The van der Waals surface area contributed by atoms with E-state index in [9.17, 15) is 13.2 Å². The van der Waals surface area contributed by atoms with E-state index < -0.39 is 22.0 Å². The summed E-state index contributed by atoms with van der Waals surface area (Å²) in [5, 5.41) is 10.1. The molecule has 2 aromatic carbocycles. The minimum Gasteiger partial charge on any atom is -0.497 e. The number of hydrogen-bond donors (Lipinski definition) is 2. The number of ether oxygens (including phenoxy) is 2. The standard InChI is InChI=1S/C20H22N4O5S2/c1-12-5-7-14(8-6-12)18(25)21-19-22-23-20(30-19)31(26,27)24-13(2)16-11-15(28-3)9-10-17(16)29-4/h5-11,13,24H,1-4H3,(H,21,22,25)/t13-/m0/s1. The SMILES string of the molecule is COc1ccc(OC)c([C@H](C)NS(=O)(=O)c2nnc(NC(=O)c3ccc(C)cc3)s2)c1. The molecule has 0 saturated heterocycles. The molecule has 0 aliphatic rings. The number of anilines is 1. The van der Waals surface area contributed by atoms with Crippen molar-refractivity contribution in [1.29, 1.82) is 0 Å². The number of nitrogens with one attached hydrogen (secondary N) is 2. The summed E-state index contributed by atoms with van der Waals surface area (Å²) >= 11 is 0.760. The Morgan fingerprint density at radius 2 is 1.77 bits per heavy atom. The molecule has 11 heteroatoms. The molecule has 0 bridgehead atoms. The molecule has 1 heterocycles. The Balaban J connectivity index is 1.75. The Bertz CT molecular complexity index is 1180. The van der Waals surface area contributed by atoms with E-state index in [0.717, 1.165) is 16.9 Å². The van der Waals surface area contributed by atoms with E-state index in [-0.39, 0.29) is 9.47 Å². The van der Waals surface area contributed by atoms with E-state index in [4.69, 9.17) is 9.47 Å². The number of hydrogen-bond acceptors (Lipinski definition) is 8. The molecule has 0 saturated carbocycles. The molecule has 0 aliphatic heterocycles. The van der Waals surface area contributed by atoms with Crippen molar-refractivity contribution in [3.8, 4) is 11.5 Å². The van der Waals surface area contributed by atoms with Crippen molar-refractivity contribution in [1.82, 2.24) is 14.9 Å². The minimum atomic E-state index is -3.99. The third-order valence-corrected chi connectivity index (χ3v) is 7.15. The predicted octanol–water partition coefficient (Wildman–Crippen LogP) is 3.16. The molecule has 1 aromatic heterocycles. The Morgan fingerprint density at radius 1 is 1.06 bits per heavy atom. The first kappa shape index (κ1) is 22.7. The van der Waals surface area contributed by atoms with Gasteiger partial charge in [0.2, 0.25) is 9.47 Å². The zero-order valence-corrected chi connectivity index (χ0v) is 19.0. The lowest BCUT2D eigenvalue weighted by Crippen LogP contribution is -2.27. The number of nitrogens with zero attached hydrogens (tertiary/aromatic N) is 2. The number of carbonyl (C=O) groups excluding carboxylic acids is 1. The Hall–Kier alpha value is -3.02. The highest BCUT2D eigenvalue weighted by molar-refractivity contribution is 7.91. The second-order valence-electron chi connectivity index (χ2n) is 6.64. The maximum absolute atomic E-state index is 12.8. The van der Waals surface area contributed by atoms with Gasteiger partial charge in [-0.05, 0) is 44.2 Å². The van der Waals surface area contributed by atoms with Gasteiger partial charge in [0.25, 0.3) is 15.9 Å². The quantitative estimate of drug-likeness (QED) is 0.494. The molecule has 0 spiro atoms. The normalized spacial score (nSPS) is 12.3. The van der Waals surface area contributed by atoms with Crippen LogP contribution < -0.4 is 19.5 Å². The van der Waals surface area contributed by atoms with Crippen LogP contribution in [0.25, 0.3) is 0 Å². The molecule has 0 fully saturated rings. The topological polar surface area (TPSA) is 120 Å². The van der Waals surface area contributed by atoms with Crippen molar-refractivity contribution in [2.24, 2.45) is 0 Å². The maximum atomic E-state index is 12.8. The summed E-state index contributed by atoms with van der Waals surface area (Å²) in [5.41, 5.74) is 2.05. The van der Waals surface area contributed by atoms with E-state index in [1.807, 2.05) is 19.1 Å². The smallest absolute Gasteiger partial charge is 0.270 e. The summed E-state index contributed by atoms with van der Waals surface area (Å²) in [5.74, 6) is 0.681. The van der Waals surface area contributed by atoms with Gasteiger partial charge in [-0.25, -0.2) is 13.1 Å². The molecule has 1 amide bonds. The lowest BCUT2D eigenvalue weighted by molar-refractivity contribution is 0.102. The first-order chi connectivity index (χ1) is 14.7. The Morgan fingerprint density at radius 3 is 2.42 bits per heavy atom. The number of methoxy groups -OCH3 is 2. The van der Waals surface area contributed by atoms with Crippen LogP contribution >= 0.6 is 11.3 Å². The summed E-state index contributed by atoms with van der Waals surface area (Å²) in [7, 11) is -0.968. The summed E-state index contributed by atoms with van der Waals surface area (Å²) in [6.07, 6.45) is 0. The van der Waals surface area contributed by atoms with E-state index in [0.29, 0.717) is 22.6 Å². The van der Waals surface area contributed by atoms with Crippen LogP contribution in [0.2, 0.25) is 0 Å². The van der Waals surface area contributed by atoms with Gasteiger partial charge in [-0.15, -0.1) is 10.2 Å². The third-order valence-electron chi connectivity index (χ3n) is 4.41. The number of benzene rings is 2. The highest BCUT2D eigenvalue weighted by atomic mass is 32.2. The van der Waals surface area contributed by atoms with Crippen LogP contribution in [-0.4, -0.2) is 38.7 Å². The number of amides is 1. The van der Waals surface area contributed by atoms with Gasteiger partial charge in [0.1, 0.15) is 11.5 Å². The van der Waals surface area contributed by atoms with Crippen LogP contribution in [0.5, 0.6) is 11.5 Å². The largest absolute Gasteiger partial charge is 0.497 e. The Labute approximate surface area is 184 Å². The highest BCUT2D eigenvalue weighted by Gasteiger charge is 2.25. The monoisotopic (exact) mass is 462 g/mol. The fourth-order valence-corrected chi connectivity index (χ4v) is 4.90. The maximum Gasteiger partial charge on any atom is 0.270 e. The van der Waals surface area contributed by atoms with Crippen molar-refractivity contribution < 1.29 is 22.7 Å². The molecule has 3 rings (SSSR count). The van der Waals surface area contributed by atoms with E-state index in [1.54, 1.807) is 37.3 Å². The van der Waals surface area contributed by atoms with Crippen LogP contribution in [0.3, 0.4) is 0 Å². The number of aromatic nitrogens is 2. The molecule has 1 atom stereocenters. The molecule has 2 N–H and O–H groups in total. The first-order valence-electron chi connectivity index (χ1n) is 9.19. The molecule has 0 unspecified atom stereocenters. The molecule has 9 nitrogen and oxygen atoms in total. The second-order valence-corrected chi connectivity index (χ2v) is 9.51. The number of rotatable bonds is 8. The van der Waals surface area contributed by atoms with Crippen molar-refractivity contribution in [3.63, 3.8) is 0 Å². The molecule has 3 aromatic rings. The van der Waals surface area contributed by atoms with Crippen molar-refractivity contribution in [3.05, 3.63) is 59.2 Å². The summed E-state index contributed by atoms with van der Waals surface area (Å²) in [4.78, 5) is 12.3. The summed E-state index contributed by atoms with van der Waals surface area (Å²) < 4.78 is 38.4. The van der Waals surface area contributed by atoms with Gasteiger partial charge in [0.15, 0.2) is 0 Å². The fourth-order valence-electron chi connectivity index (χ4n) is 2.77. The number of aryl methyl sites for hydroxylation is 1. The second kappa shape index (κ2) is 9.41.